The number of hydrogen-bond donors (Lipinski definition) is 2. The minimum Gasteiger partial charge on any atom is -0.377 e. The largest absolute Gasteiger partial charge is 0.377 e. The van der Waals surface area contributed by atoms with Gasteiger partial charge in [0.1, 0.15) is 5.82 Å². The van der Waals surface area contributed by atoms with Crippen molar-refractivity contribution < 1.29 is 13.9 Å². The van der Waals surface area contributed by atoms with Gasteiger partial charge in [-0.15, -0.1) is 0 Å². The van der Waals surface area contributed by atoms with Crippen LogP contribution < -0.4 is 10.6 Å². The van der Waals surface area contributed by atoms with Crippen LogP contribution in [0, 0.1) is 5.82 Å². The van der Waals surface area contributed by atoms with Crippen molar-refractivity contribution in [2.45, 2.75) is 26.5 Å². The van der Waals surface area contributed by atoms with Crippen LogP contribution in [0.3, 0.4) is 0 Å². The number of amides is 2. The minimum absolute atomic E-state index is 0.333. The molecule has 0 saturated carbocycles. The number of carbonyl (C=O) groups is 1. The number of nitrogens with one attached hydrogen (secondary N) is 2. The molecular weight excluding hydrogens is 295 g/mol. The zero-order valence-electron chi connectivity index (χ0n) is 13.1. The van der Waals surface area contributed by atoms with E-state index in [0.717, 1.165) is 17.5 Å². The predicted molar refractivity (Wildman–Crippen MR) is 88.6 cm³/mol. The monoisotopic (exact) mass is 316 g/mol. The highest BCUT2D eigenvalue weighted by Crippen LogP contribution is 2.11. The Hall–Kier alpha value is -2.40. The molecule has 0 heterocycles. The summed E-state index contributed by atoms with van der Waals surface area (Å²) in [5.74, 6) is -0.336. The fourth-order valence-corrected chi connectivity index (χ4v) is 2.08. The molecule has 0 fully saturated rings. The van der Waals surface area contributed by atoms with Gasteiger partial charge in [-0.3, -0.25) is 0 Å². The van der Waals surface area contributed by atoms with Gasteiger partial charge in [-0.05, 0) is 41.8 Å². The standard InChI is InChI=1S/C18H21FN2O2/c1-2-11-23-13-15-6-4-3-5-14(15)12-20-18(22)21-17-9-7-16(19)8-10-17/h3-10H,2,11-13H2,1H3,(H2,20,21,22). The summed E-state index contributed by atoms with van der Waals surface area (Å²) in [6.45, 7) is 3.71. The highest BCUT2D eigenvalue weighted by molar-refractivity contribution is 5.89. The van der Waals surface area contributed by atoms with Crippen molar-refractivity contribution in [3.63, 3.8) is 0 Å². The number of benzene rings is 2. The van der Waals surface area contributed by atoms with Gasteiger partial charge in [0.2, 0.25) is 0 Å². The molecular formula is C18H21FN2O2. The summed E-state index contributed by atoms with van der Waals surface area (Å²) in [4.78, 5) is 11.9. The van der Waals surface area contributed by atoms with Gasteiger partial charge >= 0.3 is 6.03 Å². The normalized spacial score (nSPS) is 10.3. The van der Waals surface area contributed by atoms with Crippen LogP contribution >= 0.6 is 0 Å². The Morgan fingerprint density at radius 1 is 1.09 bits per heavy atom. The fraction of sp³-hybridized carbons (Fsp3) is 0.278. The Bertz CT molecular complexity index is 629. The molecule has 122 valence electrons. The molecule has 0 aliphatic rings. The molecule has 2 aromatic carbocycles. The third kappa shape index (κ3) is 5.71. The van der Waals surface area contributed by atoms with Crippen molar-refractivity contribution in [3.05, 3.63) is 65.5 Å². The Morgan fingerprint density at radius 3 is 2.48 bits per heavy atom. The van der Waals surface area contributed by atoms with Crippen LogP contribution in [0.2, 0.25) is 0 Å². The first-order valence-electron chi connectivity index (χ1n) is 7.64. The van der Waals surface area contributed by atoms with E-state index >= 15 is 0 Å². The van der Waals surface area contributed by atoms with E-state index in [4.69, 9.17) is 4.74 Å². The molecule has 0 spiro atoms. The predicted octanol–water partition coefficient (Wildman–Crippen LogP) is 4.07. The van der Waals surface area contributed by atoms with Crippen LogP contribution in [0.1, 0.15) is 24.5 Å². The van der Waals surface area contributed by atoms with E-state index < -0.39 is 0 Å². The molecule has 5 heteroatoms. The van der Waals surface area contributed by atoms with Gasteiger partial charge in [-0.1, -0.05) is 31.2 Å². The average molecular weight is 316 g/mol. The zero-order chi connectivity index (χ0) is 16.5. The van der Waals surface area contributed by atoms with Gasteiger partial charge in [0.15, 0.2) is 0 Å². The maximum Gasteiger partial charge on any atom is 0.319 e. The topological polar surface area (TPSA) is 50.4 Å². The van der Waals surface area contributed by atoms with E-state index in [1.165, 1.54) is 24.3 Å². The maximum atomic E-state index is 12.8. The molecule has 0 aliphatic heterocycles. The number of carbonyl (C=O) groups excluding carboxylic acids is 1. The molecule has 0 radical (unpaired) electrons. The zero-order valence-corrected chi connectivity index (χ0v) is 13.1. The second-order valence-electron chi connectivity index (χ2n) is 5.14. The summed E-state index contributed by atoms with van der Waals surface area (Å²) >= 11 is 0. The van der Waals surface area contributed by atoms with Crippen molar-refractivity contribution in [3.8, 4) is 0 Å². The Balaban J connectivity index is 1.87. The van der Waals surface area contributed by atoms with Crippen LogP contribution in [0.25, 0.3) is 0 Å². The number of hydrogen-bond acceptors (Lipinski definition) is 2. The van der Waals surface area contributed by atoms with E-state index in [-0.39, 0.29) is 11.8 Å². The first-order chi connectivity index (χ1) is 11.2. The molecule has 2 amide bonds. The van der Waals surface area contributed by atoms with Crippen molar-refractivity contribution in [1.29, 1.82) is 0 Å². The Morgan fingerprint density at radius 2 is 1.78 bits per heavy atom. The second-order valence-corrected chi connectivity index (χ2v) is 5.14. The first kappa shape index (κ1) is 17.0. The van der Waals surface area contributed by atoms with Gasteiger partial charge < -0.3 is 15.4 Å². The van der Waals surface area contributed by atoms with Gasteiger partial charge in [-0.25, -0.2) is 9.18 Å². The molecule has 0 bridgehead atoms. The smallest absolute Gasteiger partial charge is 0.319 e. The number of urea groups is 1. The molecule has 0 aromatic heterocycles. The molecule has 2 rings (SSSR count). The van der Waals surface area contributed by atoms with Crippen LogP contribution in [0.5, 0.6) is 0 Å². The maximum absolute atomic E-state index is 12.8. The summed E-state index contributed by atoms with van der Waals surface area (Å²) < 4.78 is 18.4. The van der Waals surface area contributed by atoms with Crippen molar-refractivity contribution in [2.75, 3.05) is 11.9 Å². The minimum atomic E-state index is -0.336. The average Bonchev–Trinajstić information content (AvgIpc) is 2.56. The summed E-state index contributed by atoms with van der Waals surface area (Å²) in [7, 11) is 0. The molecule has 2 aromatic rings. The van der Waals surface area contributed by atoms with Crippen molar-refractivity contribution in [2.24, 2.45) is 0 Å². The summed E-state index contributed by atoms with van der Waals surface area (Å²) in [5.41, 5.74) is 2.62. The SMILES string of the molecule is CCCOCc1ccccc1CNC(=O)Nc1ccc(F)cc1. The Labute approximate surface area is 135 Å². The van der Waals surface area contributed by atoms with Gasteiger partial charge in [0, 0.05) is 18.8 Å². The number of rotatable bonds is 7. The lowest BCUT2D eigenvalue weighted by Gasteiger charge is -2.12. The molecule has 4 nitrogen and oxygen atoms in total. The molecule has 0 saturated heterocycles. The van der Waals surface area contributed by atoms with E-state index in [0.29, 0.717) is 25.4 Å². The fourth-order valence-electron chi connectivity index (χ4n) is 2.08. The van der Waals surface area contributed by atoms with Crippen LogP contribution in [0.15, 0.2) is 48.5 Å². The molecule has 2 N–H and O–H groups in total. The van der Waals surface area contributed by atoms with E-state index in [2.05, 4.69) is 17.6 Å². The lowest BCUT2D eigenvalue weighted by atomic mass is 10.1. The Kier molecular flexibility index (Phi) is 6.56. The van der Waals surface area contributed by atoms with E-state index in [1.807, 2.05) is 24.3 Å². The molecule has 0 atom stereocenters. The molecule has 23 heavy (non-hydrogen) atoms. The lowest BCUT2D eigenvalue weighted by Crippen LogP contribution is -2.28. The third-order valence-electron chi connectivity index (χ3n) is 3.27. The quantitative estimate of drug-likeness (QED) is 0.756. The second kappa shape index (κ2) is 8.90. The highest BCUT2D eigenvalue weighted by atomic mass is 19.1. The lowest BCUT2D eigenvalue weighted by molar-refractivity contribution is 0.121. The van der Waals surface area contributed by atoms with Crippen LogP contribution in [0.4, 0.5) is 14.9 Å². The van der Waals surface area contributed by atoms with Crippen molar-refractivity contribution in [1.82, 2.24) is 5.32 Å². The number of halogens is 1. The summed E-state index contributed by atoms with van der Waals surface area (Å²) in [6.07, 6.45) is 0.973. The molecule has 0 aliphatic carbocycles. The summed E-state index contributed by atoms with van der Waals surface area (Å²) in [6, 6.07) is 13.1. The molecule has 0 unspecified atom stereocenters. The number of ether oxygens (including phenoxy) is 1. The third-order valence-corrected chi connectivity index (χ3v) is 3.27. The van der Waals surface area contributed by atoms with Crippen molar-refractivity contribution >= 4 is 11.7 Å². The van der Waals surface area contributed by atoms with Crippen LogP contribution in [-0.2, 0) is 17.9 Å². The van der Waals surface area contributed by atoms with E-state index in [1.54, 1.807) is 0 Å². The highest BCUT2D eigenvalue weighted by Gasteiger charge is 2.05. The van der Waals surface area contributed by atoms with Gasteiger partial charge in [-0.2, -0.15) is 0 Å². The van der Waals surface area contributed by atoms with Gasteiger partial charge in [0.05, 0.1) is 6.61 Å². The van der Waals surface area contributed by atoms with Gasteiger partial charge in [0.25, 0.3) is 0 Å². The van der Waals surface area contributed by atoms with E-state index in [9.17, 15) is 9.18 Å². The summed E-state index contributed by atoms with van der Waals surface area (Å²) in [5, 5.41) is 5.46. The van der Waals surface area contributed by atoms with Crippen LogP contribution in [-0.4, -0.2) is 12.6 Å². The first-order valence-corrected chi connectivity index (χ1v) is 7.64. The number of anilines is 1.